The van der Waals surface area contributed by atoms with Gasteiger partial charge in [0, 0.05) is 18.8 Å². The number of tetrazole rings is 1. The van der Waals surface area contributed by atoms with Gasteiger partial charge < -0.3 is 10.1 Å². The van der Waals surface area contributed by atoms with Crippen molar-refractivity contribution in [3.05, 3.63) is 29.7 Å². The Morgan fingerprint density at radius 1 is 1.35 bits per heavy atom. The Bertz CT molecular complexity index is 466. The molecule has 0 amide bonds. The average molecular weight is 234 g/mol. The Kier molecular flexibility index (Phi) is 3.61. The molecular weight excluding hydrogens is 220 g/mol. The summed E-state index contributed by atoms with van der Waals surface area (Å²) in [6, 6.07) is 3.79. The number of rotatable bonds is 5. The van der Waals surface area contributed by atoms with Gasteiger partial charge in [-0.05, 0) is 10.8 Å². The van der Waals surface area contributed by atoms with Crippen LogP contribution in [0.4, 0.5) is 0 Å². The molecule has 0 bridgehead atoms. The second kappa shape index (κ2) is 5.35. The fourth-order valence-corrected chi connectivity index (χ4v) is 1.35. The number of pyridine rings is 1. The monoisotopic (exact) mass is 234 g/mol. The van der Waals surface area contributed by atoms with E-state index < -0.39 is 0 Å². The van der Waals surface area contributed by atoms with E-state index in [2.05, 4.69) is 25.7 Å². The Labute approximate surface area is 98.8 Å². The highest BCUT2D eigenvalue weighted by Gasteiger charge is 2.00. The van der Waals surface area contributed by atoms with Crippen molar-refractivity contribution in [2.45, 2.75) is 13.1 Å². The predicted molar refractivity (Wildman–Crippen MR) is 60.1 cm³/mol. The van der Waals surface area contributed by atoms with Crippen LogP contribution in [0, 0.1) is 0 Å². The van der Waals surface area contributed by atoms with Crippen molar-refractivity contribution < 1.29 is 4.74 Å². The van der Waals surface area contributed by atoms with Gasteiger partial charge in [0.15, 0.2) is 5.82 Å². The van der Waals surface area contributed by atoms with Gasteiger partial charge in [-0.3, -0.25) is 0 Å². The second-order valence-corrected chi connectivity index (χ2v) is 3.51. The standard InChI is InChI=1S/C10H14N6O/c1-16-14-9(13-15-16)7-11-5-8-3-4-10(17-2)12-6-8/h3-4,6,11H,5,7H2,1-2H3. The summed E-state index contributed by atoms with van der Waals surface area (Å²) in [4.78, 5) is 5.55. The van der Waals surface area contributed by atoms with Crippen molar-refractivity contribution in [1.82, 2.24) is 30.5 Å². The van der Waals surface area contributed by atoms with E-state index in [9.17, 15) is 0 Å². The Morgan fingerprint density at radius 2 is 2.24 bits per heavy atom. The number of methoxy groups -OCH3 is 1. The van der Waals surface area contributed by atoms with E-state index in [1.807, 2.05) is 12.1 Å². The van der Waals surface area contributed by atoms with Crippen molar-refractivity contribution in [1.29, 1.82) is 0 Å². The smallest absolute Gasteiger partial charge is 0.212 e. The molecule has 0 radical (unpaired) electrons. The van der Waals surface area contributed by atoms with Crippen LogP contribution in [0.2, 0.25) is 0 Å². The molecule has 0 atom stereocenters. The van der Waals surface area contributed by atoms with Crippen LogP contribution < -0.4 is 10.1 Å². The van der Waals surface area contributed by atoms with Gasteiger partial charge in [0.2, 0.25) is 5.88 Å². The summed E-state index contributed by atoms with van der Waals surface area (Å²) < 4.78 is 4.98. The van der Waals surface area contributed by atoms with Crippen molar-refractivity contribution >= 4 is 0 Å². The van der Waals surface area contributed by atoms with E-state index in [1.54, 1.807) is 20.4 Å². The highest BCUT2D eigenvalue weighted by Crippen LogP contribution is 2.06. The first-order valence-electron chi connectivity index (χ1n) is 5.20. The molecule has 2 heterocycles. The maximum Gasteiger partial charge on any atom is 0.212 e. The molecule has 0 aliphatic carbocycles. The van der Waals surface area contributed by atoms with Gasteiger partial charge in [-0.15, -0.1) is 10.2 Å². The van der Waals surface area contributed by atoms with Gasteiger partial charge in [0.1, 0.15) is 0 Å². The van der Waals surface area contributed by atoms with Gasteiger partial charge in [-0.1, -0.05) is 6.07 Å². The molecule has 0 aliphatic heterocycles. The van der Waals surface area contributed by atoms with Crippen molar-refractivity contribution in [3.8, 4) is 5.88 Å². The van der Waals surface area contributed by atoms with E-state index in [-0.39, 0.29) is 0 Å². The maximum atomic E-state index is 4.98. The van der Waals surface area contributed by atoms with E-state index in [0.29, 0.717) is 24.8 Å². The number of nitrogens with zero attached hydrogens (tertiary/aromatic N) is 5. The zero-order valence-electron chi connectivity index (χ0n) is 9.79. The molecule has 1 N–H and O–H groups in total. The summed E-state index contributed by atoms with van der Waals surface area (Å²) >= 11 is 0. The summed E-state index contributed by atoms with van der Waals surface area (Å²) in [6.07, 6.45) is 1.77. The molecule has 0 saturated carbocycles. The quantitative estimate of drug-likeness (QED) is 0.778. The highest BCUT2D eigenvalue weighted by atomic mass is 16.5. The van der Waals surface area contributed by atoms with Crippen LogP contribution in [0.1, 0.15) is 11.4 Å². The van der Waals surface area contributed by atoms with Gasteiger partial charge in [-0.25, -0.2) is 4.98 Å². The zero-order valence-corrected chi connectivity index (χ0v) is 9.79. The van der Waals surface area contributed by atoms with Gasteiger partial charge in [0.25, 0.3) is 0 Å². The molecule has 0 aromatic carbocycles. The summed E-state index contributed by atoms with van der Waals surface area (Å²) in [5, 5.41) is 14.9. The number of aromatic nitrogens is 5. The molecule has 0 unspecified atom stereocenters. The average Bonchev–Trinajstić information content (AvgIpc) is 2.76. The SMILES string of the molecule is COc1ccc(CNCc2nnn(C)n2)cn1. The second-order valence-electron chi connectivity index (χ2n) is 3.51. The van der Waals surface area contributed by atoms with E-state index >= 15 is 0 Å². The summed E-state index contributed by atoms with van der Waals surface area (Å²) in [7, 11) is 3.34. The van der Waals surface area contributed by atoms with Crippen molar-refractivity contribution in [3.63, 3.8) is 0 Å². The fourth-order valence-electron chi connectivity index (χ4n) is 1.35. The van der Waals surface area contributed by atoms with E-state index in [0.717, 1.165) is 5.56 Å². The summed E-state index contributed by atoms with van der Waals surface area (Å²) in [5.41, 5.74) is 1.08. The van der Waals surface area contributed by atoms with Gasteiger partial charge >= 0.3 is 0 Å². The first kappa shape index (κ1) is 11.5. The van der Waals surface area contributed by atoms with Crippen LogP contribution in [0.25, 0.3) is 0 Å². The lowest BCUT2D eigenvalue weighted by atomic mass is 10.3. The lowest BCUT2D eigenvalue weighted by molar-refractivity contribution is 0.397. The molecule has 2 rings (SSSR count). The van der Waals surface area contributed by atoms with Crippen LogP contribution in [-0.4, -0.2) is 32.3 Å². The molecule has 0 aliphatic rings. The van der Waals surface area contributed by atoms with Crippen LogP contribution >= 0.6 is 0 Å². The molecule has 17 heavy (non-hydrogen) atoms. The molecule has 2 aromatic heterocycles. The number of nitrogens with one attached hydrogen (secondary N) is 1. The number of hydrogen-bond acceptors (Lipinski definition) is 6. The third kappa shape index (κ3) is 3.22. The molecular formula is C10H14N6O. The molecule has 0 spiro atoms. The third-order valence-electron chi connectivity index (χ3n) is 2.17. The minimum absolute atomic E-state index is 0.583. The fraction of sp³-hybridized carbons (Fsp3) is 0.400. The number of ether oxygens (including phenoxy) is 1. The maximum absolute atomic E-state index is 4.98. The van der Waals surface area contributed by atoms with Crippen LogP contribution in [-0.2, 0) is 20.1 Å². The molecule has 0 saturated heterocycles. The lowest BCUT2D eigenvalue weighted by Crippen LogP contribution is -2.14. The first-order valence-corrected chi connectivity index (χ1v) is 5.20. The molecule has 0 fully saturated rings. The normalized spacial score (nSPS) is 10.5. The lowest BCUT2D eigenvalue weighted by Gasteiger charge is -2.03. The number of hydrogen-bond donors (Lipinski definition) is 1. The molecule has 7 nitrogen and oxygen atoms in total. The number of aryl methyl sites for hydroxylation is 1. The molecule has 90 valence electrons. The minimum Gasteiger partial charge on any atom is -0.481 e. The molecule has 2 aromatic rings. The van der Waals surface area contributed by atoms with Crippen molar-refractivity contribution in [2.75, 3.05) is 7.11 Å². The minimum atomic E-state index is 0.583. The summed E-state index contributed by atoms with van der Waals surface area (Å²) in [5.74, 6) is 1.29. The Hall–Kier alpha value is -2.02. The predicted octanol–water partition coefficient (Wildman–Crippen LogP) is -0.0965. The van der Waals surface area contributed by atoms with Crippen LogP contribution in [0.5, 0.6) is 5.88 Å². The van der Waals surface area contributed by atoms with Crippen LogP contribution in [0.15, 0.2) is 18.3 Å². The van der Waals surface area contributed by atoms with Crippen LogP contribution in [0.3, 0.4) is 0 Å². The van der Waals surface area contributed by atoms with E-state index in [4.69, 9.17) is 4.74 Å². The first-order chi connectivity index (χ1) is 8.28. The summed E-state index contributed by atoms with van der Waals surface area (Å²) in [6.45, 7) is 1.29. The topological polar surface area (TPSA) is 77.8 Å². The highest BCUT2D eigenvalue weighted by molar-refractivity contribution is 5.17. The van der Waals surface area contributed by atoms with Gasteiger partial charge in [0.05, 0.1) is 20.7 Å². The van der Waals surface area contributed by atoms with E-state index in [1.165, 1.54) is 4.80 Å². The third-order valence-corrected chi connectivity index (χ3v) is 2.17. The Morgan fingerprint density at radius 3 is 2.82 bits per heavy atom. The largest absolute Gasteiger partial charge is 0.481 e. The zero-order chi connectivity index (χ0) is 12.1. The molecule has 7 heteroatoms. The Balaban J connectivity index is 1.81. The van der Waals surface area contributed by atoms with Crippen molar-refractivity contribution in [2.24, 2.45) is 7.05 Å². The van der Waals surface area contributed by atoms with Gasteiger partial charge in [-0.2, -0.15) is 4.80 Å².